The molecule has 37 heavy (non-hydrogen) atoms. The number of ether oxygens (including phenoxy) is 1. The van der Waals surface area contributed by atoms with E-state index >= 15 is 0 Å². The fourth-order valence-electron chi connectivity index (χ4n) is 5.04. The normalized spacial score (nSPS) is 12.8. The van der Waals surface area contributed by atoms with Crippen molar-refractivity contribution in [1.29, 1.82) is 0 Å². The standard InChI is InChI=1S/C34H38O3/c1-22-19-27(13-17-31(22)35)33(3,4)25-9-8-10-26(20-25)34(5,6)28-14-18-32(36)30(21-28)23(2)24-11-15-29(37-7)16-12-24/h8-21,23,35-36H,1-7H3. The van der Waals surface area contributed by atoms with Crippen LogP contribution in [0.15, 0.2) is 84.9 Å². The second-order valence-corrected chi connectivity index (χ2v) is 11.1. The zero-order valence-electron chi connectivity index (χ0n) is 23.0. The second-order valence-electron chi connectivity index (χ2n) is 11.1. The summed E-state index contributed by atoms with van der Waals surface area (Å²) >= 11 is 0. The van der Waals surface area contributed by atoms with Crippen LogP contribution in [0.4, 0.5) is 0 Å². The average molecular weight is 495 g/mol. The van der Waals surface area contributed by atoms with Crippen molar-refractivity contribution in [3.63, 3.8) is 0 Å². The number of aromatic hydroxyl groups is 2. The van der Waals surface area contributed by atoms with E-state index in [4.69, 9.17) is 4.74 Å². The minimum absolute atomic E-state index is 0.0321. The van der Waals surface area contributed by atoms with Crippen molar-refractivity contribution in [1.82, 2.24) is 0 Å². The Bertz CT molecular complexity index is 1400. The van der Waals surface area contributed by atoms with Crippen LogP contribution < -0.4 is 4.74 Å². The molecule has 0 heterocycles. The Hall–Kier alpha value is -3.72. The molecule has 0 aromatic heterocycles. The molecule has 1 unspecified atom stereocenters. The Morgan fingerprint density at radius 3 is 1.70 bits per heavy atom. The van der Waals surface area contributed by atoms with E-state index in [2.05, 4.69) is 83.1 Å². The summed E-state index contributed by atoms with van der Waals surface area (Å²) in [5.74, 6) is 1.48. The molecule has 3 heteroatoms. The minimum Gasteiger partial charge on any atom is -0.508 e. The highest BCUT2D eigenvalue weighted by molar-refractivity contribution is 5.50. The van der Waals surface area contributed by atoms with Crippen molar-refractivity contribution in [2.75, 3.05) is 7.11 Å². The van der Waals surface area contributed by atoms with Crippen molar-refractivity contribution >= 4 is 0 Å². The Morgan fingerprint density at radius 1 is 0.649 bits per heavy atom. The molecule has 0 saturated heterocycles. The monoisotopic (exact) mass is 494 g/mol. The van der Waals surface area contributed by atoms with Crippen molar-refractivity contribution in [3.05, 3.63) is 124 Å². The maximum absolute atomic E-state index is 10.8. The zero-order valence-corrected chi connectivity index (χ0v) is 23.0. The molecule has 0 spiro atoms. The number of aryl methyl sites for hydroxylation is 1. The molecular formula is C34H38O3. The molecular weight excluding hydrogens is 456 g/mol. The first kappa shape index (κ1) is 26.3. The van der Waals surface area contributed by atoms with Gasteiger partial charge in [-0.1, -0.05) is 95.3 Å². The predicted molar refractivity (Wildman–Crippen MR) is 152 cm³/mol. The fourth-order valence-corrected chi connectivity index (χ4v) is 5.04. The quantitative estimate of drug-likeness (QED) is 0.272. The van der Waals surface area contributed by atoms with Gasteiger partial charge in [-0.05, 0) is 64.6 Å². The maximum Gasteiger partial charge on any atom is 0.119 e. The van der Waals surface area contributed by atoms with Gasteiger partial charge in [0.25, 0.3) is 0 Å². The van der Waals surface area contributed by atoms with E-state index in [-0.39, 0.29) is 16.7 Å². The van der Waals surface area contributed by atoms with Crippen LogP contribution >= 0.6 is 0 Å². The van der Waals surface area contributed by atoms with Crippen LogP contribution in [0.25, 0.3) is 0 Å². The lowest BCUT2D eigenvalue weighted by atomic mass is 9.72. The predicted octanol–water partition coefficient (Wildman–Crippen LogP) is 8.22. The largest absolute Gasteiger partial charge is 0.508 e. The minimum atomic E-state index is -0.279. The van der Waals surface area contributed by atoms with Gasteiger partial charge < -0.3 is 14.9 Å². The Morgan fingerprint density at radius 2 is 1.16 bits per heavy atom. The zero-order chi connectivity index (χ0) is 27.0. The fraction of sp³-hybridized carbons (Fsp3) is 0.294. The highest BCUT2D eigenvalue weighted by Crippen LogP contribution is 2.40. The maximum atomic E-state index is 10.8. The van der Waals surface area contributed by atoms with Gasteiger partial charge >= 0.3 is 0 Å². The van der Waals surface area contributed by atoms with E-state index in [1.165, 1.54) is 11.1 Å². The van der Waals surface area contributed by atoms with Gasteiger partial charge in [-0.15, -0.1) is 0 Å². The lowest BCUT2D eigenvalue weighted by Gasteiger charge is -2.31. The summed E-state index contributed by atoms with van der Waals surface area (Å²) in [4.78, 5) is 0. The first-order valence-electron chi connectivity index (χ1n) is 12.8. The van der Waals surface area contributed by atoms with Gasteiger partial charge in [-0.2, -0.15) is 0 Å². The van der Waals surface area contributed by atoms with E-state index in [0.717, 1.165) is 33.6 Å². The van der Waals surface area contributed by atoms with Crippen LogP contribution in [0, 0.1) is 6.92 Å². The topological polar surface area (TPSA) is 49.7 Å². The van der Waals surface area contributed by atoms with Crippen LogP contribution in [0.1, 0.15) is 79.5 Å². The molecule has 4 aromatic rings. The molecule has 3 nitrogen and oxygen atoms in total. The molecule has 0 radical (unpaired) electrons. The Balaban J connectivity index is 1.71. The van der Waals surface area contributed by atoms with Gasteiger partial charge in [0.1, 0.15) is 17.2 Å². The molecule has 0 aliphatic carbocycles. The van der Waals surface area contributed by atoms with Gasteiger partial charge in [0.15, 0.2) is 0 Å². The summed E-state index contributed by atoms with van der Waals surface area (Å²) in [6, 6.07) is 28.6. The molecule has 4 rings (SSSR count). The number of phenols is 2. The molecule has 0 aliphatic heterocycles. The van der Waals surface area contributed by atoms with Gasteiger partial charge in [0.05, 0.1) is 7.11 Å². The van der Waals surface area contributed by atoms with Crippen molar-refractivity contribution < 1.29 is 14.9 Å². The van der Waals surface area contributed by atoms with E-state index < -0.39 is 0 Å². The van der Waals surface area contributed by atoms with Gasteiger partial charge in [-0.3, -0.25) is 0 Å². The van der Waals surface area contributed by atoms with Crippen LogP contribution in [0.5, 0.6) is 17.2 Å². The van der Waals surface area contributed by atoms with Crippen LogP contribution in [0.3, 0.4) is 0 Å². The number of methoxy groups -OCH3 is 1. The third-order valence-electron chi connectivity index (χ3n) is 8.06. The Labute approximate surface area is 221 Å². The van der Waals surface area contributed by atoms with Crippen LogP contribution in [-0.4, -0.2) is 17.3 Å². The molecule has 0 aliphatic rings. The average Bonchev–Trinajstić information content (AvgIpc) is 2.90. The molecule has 192 valence electrons. The second kappa shape index (κ2) is 9.97. The number of rotatable bonds is 7. The Kier molecular flexibility index (Phi) is 7.10. The highest BCUT2D eigenvalue weighted by Gasteiger charge is 2.29. The molecule has 0 amide bonds. The van der Waals surface area contributed by atoms with Gasteiger partial charge in [0, 0.05) is 22.3 Å². The van der Waals surface area contributed by atoms with Crippen LogP contribution in [-0.2, 0) is 10.8 Å². The van der Waals surface area contributed by atoms with Crippen molar-refractivity contribution in [2.24, 2.45) is 0 Å². The third-order valence-corrected chi connectivity index (χ3v) is 8.06. The number of benzene rings is 4. The summed E-state index contributed by atoms with van der Waals surface area (Å²) < 4.78 is 5.30. The van der Waals surface area contributed by atoms with E-state index in [0.29, 0.717) is 11.5 Å². The molecule has 0 bridgehead atoms. The van der Waals surface area contributed by atoms with E-state index in [1.807, 2.05) is 37.3 Å². The summed E-state index contributed by atoms with van der Waals surface area (Å²) in [5.41, 5.74) is 7.15. The first-order chi connectivity index (χ1) is 17.4. The summed E-state index contributed by atoms with van der Waals surface area (Å²) in [6.07, 6.45) is 0. The van der Waals surface area contributed by atoms with Crippen molar-refractivity contribution in [3.8, 4) is 17.2 Å². The molecule has 0 saturated carbocycles. The SMILES string of the molecule is COc1ccc(C(C)c2cc(C(C)(C)c3cccc(C(C)(C)c4ccc(O)c(C)c4)c3)ccc2O)cc1. The molecule has 0 fully saturated rings. The molecule has 1 atom stereocenters. The van der Waals surface area contributed by atoms with E-state index in [9.17, 15) is 10.2 Å². The number of hydrogen-bond acceptors (Lipinski definition) is 3. The molecule has 2 N–H and O–H groups in total. The number of phenolic OH excluding ortho intramolecular Hbond substituents is 2. The van der Waals surface area contributed by atoms with Gasteiger partial charge in [-0.25, -0.2) is 0 Å². The molecule has 4 aromatic carbocycles. The first-order valence-corrected chi connectivity index (χ1v) is 12.8. The third kappa shape index (κ3) is 5.09. The summed E-state index contributed by atoms with van der Waals surface area (Å²) in [5, 5.41) is 20.8. The highest BCUT2D eigenvalue weighted by atomic mass is 16.5. The number of hydrogen-bond donors (Lipinski definition) is 2. The van der Waals surface area contributed by atoms with Crippen LogP contribution in [0.2, 0.25) is 0 Å². The summed E-state index contributed by atoms with van der Waals surface area (Å²) in [6.45, 7) is 13.0. The van der Waals surface area contributed by atoms with Crippen molar-refractivity contribution in [2.45, 2.75) is 58.3 Å². The smallest absolute Gasteiger partial charge is 0.119 e. The lowest BCUT2D eigenvalue weighted by molar-refractivity contribution is 0.414. The summed E-state index contributed by atoms with van der Waals surface area (Å²) in [7, 11) is 1.66. The lowest BCUT2D eigenvalue weighted by Crippen LogP contribution is -2.23. The van der Waals surface area contributed by atoms with E-state index in [1.54, 1.807) is 13.2 Å². The van der Waals surface area contributed by atoms with Gasteiger partial charge in [0.2, 0.25) is 0 Å².